The van der Waals surface area contributed by atoms with Gasteiger partial charge < -0.3 is 4.98 Å². The number of nitrogens with one attached hydrogen (secondary N) is 1. The smallest absolute Gasteiger partial charge is 0.264 e. The molecule has 0 atom stereocenters. The fraction of sp³-hybridized carbons (Fsp3) is 0.231. The number of aromatic amines is 1. The minimum atomic E-state index is -0.0529. The number of hydrogen-bond donors (Lipinski definition) is 1. The standard InChI is InChI=1S/C13H13IN2O/c1-2-6-10-15-12(11(14)13(17)16-10)9-7-4-3-5-8-9/h3-5,7-8H,2,6H2,1H3,(H,15,16,17). The molecule has 17 heavy (non-hydrogen) atoms. The van der Waals surface area contributed by atoms with E-state index >= 15 is 0 Å². The van der Waals surface area contributed by atoms with Gasteiger partial charge in [0.1, 0.15) is 9.39 Å². The maximum atomic E-state index is 11.8. The number of rotatable bonds is 3. The minimum absolute atomic E-state index is 0.0529. The average molecular weight is 340 g/mol. The van der Waals surface area contributed by atoms with Crippen LogP contribution in [0.15, 0.2) is 35.1 Å². The van der Waals surface area contributed by atoms with Crippen molar-refractivity contribution in [2.24, 2.45) is 0 Å². The summed E-state index contributed by atoms with van der Waals surface area (Å²) >= 11 is 2.05. The van der Waals surface area contributed by atoms with Crippen molar-refractivity contribution in [2.45, 2.75) is 19.8 Å². The predicted octanol–water partition coefficient (Wildman–Crippen LogP) is 2.99. The Balaban J connectivity index is 2.57. The third-order valence-corrected chi connectivity index (χ3v) is 3.45. The summed E-state index contributed by atoms with van der Waals surface area (Å²) < 4.78 is 0.647. The Morgan fingerprint density at radius 3 is 2.65 bits per heavy atom. The van der Waals surface area contributed by atoms with E-state index in [4.69, 9.17) is 0 Å². The molecule has 0 amide bonds. The fourth-order valence-corrected chi connectivity index (χ4v) is 2.21. The van der Waals surface area contributed by atoms with Gasteiger partial charge in [-0.25, -0.2) is 4.98 Å². The Labute approximate surface area is 113 Å². The largest absolute Gasteiger partial charge is 0.310 e. The van der Waals surface area contributed by atoms with Crippen LogP contribution in [0.25, 0.3) is 11.3 Å². The van der Waals surface area contributed by atoms with Gasteiger partial charge in [0, 0.05) is 12.0 Å². The number of H-pyrrole nitrogens is 1. The van der Waals surface area contributed by atoms with Crippen LogP contribution in [-0.2, 0) is 6.42 Å². The second kappa shape index (κ2) is 5.44. The van der Waals surface area contributed by atoms with E-state index in [-0.39, 0.29) is 5.56 Å². The van der Waals surface area contributed by atoms with Crippen molar-refractivity contribution in [1.82, 2.24) is 9.97 Å². The van der Waals surface area contributed by atoms with E-state index in [2.05, 4.69) is 16.9 Å². The zero-order valence-electron chi connectivity index (χ0n) is 9.53. The lowest BCUT2D eigenvalue weighted by molar-refractivity contribution is 0.824. The van der Waals surface area contributed by atoms with Gasteiger partial charge in [-0.3, -0.25) is 4.79 Å². The summed E-state index contributed by atoms with van der Waals surface area (Å²) in [6.07, 6.45) is 1.77. The maximum absolute atomic E-state index is 11.8. The first-order valence-corrected chi connectivity index (χ1v) is 6.64. The molecule has 0 aliphatic carbocycles. The minimum Gasteiger partial charge on any atom is -0.310 e. The lowest BCUT2D eigenvalue weighted by atomic mass is 10.1. The SMILES string of the molecule is CCCc1nc(-c2ccccc2)c(I)c(=O)[nH]1. The molecular weight excluding hydrogens is 327 g/mol. The molecule has 0 bridgehead atoms. The van der Waals surface area contributed by atoms with E-state index in [1.165, 1.54) is 0 Å². The Kier molecular flexibility index (Phi) is 3.93. The highest BCUT2D eigenvalue weighted by molar-refractivity contribution is 14.1. The first kappa shape index (κ1) is 12.3. The highest BCUT2D eigenvalue weighted by atomic mass is 127. The Morgan fingerprint density at radius 1 is 1.29 bits per heavy atom. The van der Waals surface area contributed by atoms with Gasteiger partial charge in [0.15, 0.2) is 0 Å². The first-order chi connectivity index (χ1) is 8.22. The van der Waals surface area contributed by atoms with Gasteiger partial charge in [0.25, 0.3) is 5.56 Å². The summed E-state index contributed by atoms with van der Waals surface area (Å²) in [5, 5.41) is 0. The highest BCUT2D eigenvalue weighted by Crippen LogP contribution is 2.20. The zero-order chi connectivity index (χ0) is 12.3. The summed E-state index contributed by atoms with van der Waals surface area (Å²) in [5.74, 6) is 0.761. The van der Waals surface area contributed by atoms with Gasteiger partial charge >= 0.3 is 0 Å². The quantitative estimate of drug-likeness (QED) is 0.873. The Morgan fingerprint density at radius 2 is 2.00 bits per heavy atom. The predicted molar refractivity (Wildman–Crippen MR) is 77.0 cm³/mol. The number of benzene rings is 1. The van der Waals surface area contributed by atoms with Crippen LogP contribution in [0.4, 0.5) is 0 Å². The van der Waals surface area contributed by atoms with E-state index in [1.807, 2.05) is 52.9 Å². The van der Waals surface area contributed by atoms with Crippen LogP contribution in [0.1, 0.15) is 19.2 Å². The molecule has 3 nitrogen and oxygen atoms in total. The molecule has 1 N–H and O–H groups in total. The fourth-order valence-electron chi connectivity index (χ4n) is 1.65. The van der Waals surface area contributed by atoms with E-state index < -0.39 is 0 Å². The molecule has 0 radical (unpaired) electrons. The molecule has 0 saturated carbocycles. The van der Waals surface area contributed by atoms with E-state index in [0.717, 1.165) is 29.9 Å². The average Bonchev–Trinajstić information content (AvgIpc) is 2.35. The number of aromatic nitrogens is 2. The maximum Gasteiger partial charge on any atom is 0.264 e. The van der Waals surface area contributed by atoms with E-state index in [0.29, 0.717) is 3.57 Å². The molecule has 0 spiro atoms. The molecule has 1 heterocycles. The first-order valence-electron chi connectivity index (χ1n) is 5.56. The molecule has 88 valence electrons. The summed E-state index contributed by atoms with van der Waals surface area (Å²) in [6.45, 7) is 2.07. The lowest BCUT2D eigenvalue weighted by Gasteiger charge is -2.06. The van der Waals surface area contributed by atoms with Gasteiger partial charge in [-0.15, -0.1) is 0 Å². The van der Waals surface area contributed by atoms with E-state index in [1.54, 1.807) is 0 Å². The highest BCUT2D eigenvalue weighted by Gasteiger charge is 2.10. The number of hydrogen-bond acceptors (Lipinski definition) is 2. The van der Waals surface area contributed by atoms with Crippen molar-refractivity contribution in [3.05, 3.63) is 50.1 Å². The van der Waals surface area contributed by atoms with Crippen LogP contribution in [0.5, 0.6) is 0 Å². The third kappa shape index (κ3) is 2.74. The Bertz CT molecular complexity index is 563. The Hall–Kier alpha value is -1.17. The van der Waals surface area contributed by atoms with Crippen LogP contribution in [-0.4, -0.2) is 9.97 Å². The molecule has 0 saturated heterocycles. The number of nitrogens with zero attached hydrogens (tertiary/aromatic N) is 1. The molecule has 0 aliphatic heterocycles. The molecule has 4 heteroatoms. The van der Waals surface area contributed by atoms with Gasteiger partial charge in [-0.05, 0) is 29.0 Å². The van der Waals surface area contributed by atoms with Crippen LogP contribution in [0.2, 0.25) is 0 Å². The van der Waals surface area contributed by atoms with E-state index in [9.17, 15) is 4.79 Å². The van der Waals surface area contributed by atoms with Crippen molar-refractivity contribution in [3.8, 4) is 11.3 Å². The molecular formula is C13H13IN2O. The second-order valence-electron chi connectivity index (χ2n) is 3.79. The van der Waals surface area contributed by atoms with Crippen LogP contribution in [0.3, 0.4) is 0 Å². The molecule has 1 aromatic carbocycles. The van der Waals surface area contributed by atoms with Crippen molar-refractivity contribution >= 4 is 22.6 Å². The molecule has 2 rings (SSSR count). The van der Waals surface area contributed by atoms with Gasteiger partial charge in [-0.2, -0.15) is 0 Å². The molecule has 0 fully saturated rings. The third-order valence-electron chi connectivity index (χ3n) is 2.45. The zero-order valence-corrected chi connectivity index (χ0v) is 11.7. The molecule has 0 aliphatic rings. The van der Waals surface area contributed by atoms with Crippen LogP contribution >= 0.6 is 22.6 Å². The van der Waals surface area contributed by atoms with Gasteiger partial charge in [0.05, 0.1) is 5.69 Å². The normalized spacial score (nSPS) is 10.5. The van der Waals surface area contributed by atoms with Gasteiger partial charge in [-0.1, -0.05) is 37.3 Å². The lowest BCUT2D eigenvalue weighted by Crippen LogP contribution is -2.16. The summed E-state index contributed by atoms with van der Waals surface area (Å²) in [6, 6.07) is 9.80. The summed E-state index contributed by atoms with van der Waals surface area (Å²) in [4.78, 5) is 19.1. The van der Waals surface area contributed by atoms with Gasteiger partial charge in [0.2, 0.25) is 0 Å². The molecule has 0 unspecified atom stereocenters. The number of halogens is 1. The molecule has 2 aromatic rings. The number of aryl methyl sites for hydroxylation is 1. The molecule has 1 aromatic heterocycles. The topological polar surface area (TPSA) is 45.8 Å². The summed E-state index contributed by atoms with van der Waals surface area (Å²) in [5.41, 5.74) is 1.71. The van der Waals surface area contributed by atoms with Crippen molar-refractivity contribution in [2.75, 3.05) is 0 Å². The second-order valence-corrected chi connectivity index (χ2v) is 4.87. The van der Waals surface area contributed by atoms with Crippen molar-refractivity contribution in [3.63, 3.8) is 0 Å². The van der Waals surface area contributed by atoms with Crippen molar-refractivity contribution < 1.29 is 0 Å². The summed E-state index contributed by atoms with van der Waals surface area (Å²) in [7, 11) is 0. The van der Waals surface area contributed by atoms with Crippen LogP contribution in [0, 0.1) is 3.57 Å². The van der Waals surface area contributed by atoms with Crippen molar-refractivity contribution in [1.29, 1.82) is 0 Å². The van der Waals surface area contributed by atoms with Crippen LogP contribution < -0.4 is 5.56 Å². The monoisotopic (exact) mass is 340 g/mol.